The Hall–Kier alpha value is -0.530. The lowest BCUT2D eigenvalue weighted by Crippen LogP contribution is -2.04. The van der Waals surface area contributed by atoms with E-state index < -0.39 is 0 Å². The highest BCUT2D eigenvalue weighted by atomic mass is 16.5. The monoisotopic (exact) mass is 354 g/mol. The SMILES string of the molecule is CCCCCCCCCCCCCCCCCCCOC(=O)CCC. The zero-order valence-electron chi connectivity index (χ0n) is 17.5. The molecule has 0 unspecified atom stereocenters. The summed E-state index contributed by atoms with van der Waals surface area (Å²) in [6.45, 7) is 4.92. The van der Waals surface area contributed by atoms with Crippen LogP contribution < -0.4 is 0 Å². The van der Waals surface area contributed by atoms with Gasteiger partial charge in [0.2, 0.25) is 0 Å². The number of ether oxygens (including phenoxy) is 1. The van der Waals surface area contributed by atoms with Crippen molar-refractivity contribution in [2.45, 2.75) is 136 Å². The maximum atomic E-state index is 11.2. The van der Waals surface area contributed by atoms with E-state index in [0.29, 0.717) is 13.0 Å². The highest BCUT2D eigenvalue weighted by Gasteiger charge is 1.99. The third kappa shape index (κ3) is 21.4. The van der Waals surface area contributed by atoms with Gasteiger partial charge < -0.3 is 4.74 Å². The van der Waals surface area contributed by atoms with E-state index in [1.165, 1.54) is 103 Å². The third-order valence-electron chi connectivity index (χ3n) is 4.97. The number of carbonyl (C=O) groups is 1. The number of hydrogen-bond donors (Lipinski definition) is 0. The Morgan fingerprint density at radius 3 is 1.24 bits per heavy atom. The molecule has 0 aliphatic carbocycles. The Morgan fingerprint density at radius 2 is 0.880 bits per heavy atom. The number of unbranched alkanes of at least 4 members (excludes halogenated alkanes) is 16. The summed E-state index contributed by atoms with van der Waals surface area (Å²) in [5.74, 6) is -0.0287. The molecule has 2 nitrogen and oxygen atoms in total. The molecule has 0 fully saturated rings. The minimum Gasteiger partial charge on any atom is -0.466 e. The van der Waals surface area contributed by atoms with Crippen molar-refractivity contribution in [1.82, 2.24) is 0 Å². The van der Waals surface area contributed by atoms with Crippen LogP contribution in [-0.2, 0) is 9.53 Å². The summed E-state index contributed by atoms with van der Waals surface area (Å²) in [7, 11) is 0. The Labute approximate surface area is 158 Å². The van der Waals surface area contributed by atoms with E-state index in [2.05, 4.69) is 6.92 Å². The Morgan fingerprint density at radius 1 is 0.520 bits per heavy atom. The molecule has 0 atom stereocenters. The van der Waals surface area contributed by atoms with Crippen LogP contribution in [0.15, 0.2) is 0 Å². The lowest BCUT2D eigenvalue weighted by Gasteiger charge is -2.05. The van der Waals surface area contributed by atoms with Crippen LogP contribution in [0.1, 0.15) is 136 Å². The van der Waals surface area contributed by atoms with E-state index in [1.54, 1.807) is 0 Å². The fourth-order valence-electron chi connectivity index (χ4n) is 3.29. The van der Waals surface area contributed by atoms with Gasteiger partial charge in [0.1, 0.15) is 0 Å². The first kappa shape index (κ1) is 24.5. The van der Waals surface area contributed by atoms with Gasteiger partial charge >= 0.3 is 5.97 Å². The first-order valence-corrected chi connectivity index (χ1v) is 11.5. The second kappa shape index (κ2) is 21.5. The van der Waals surface area contributed by atoms with Gasteiger partial charge in [-0.25, -0.2) is 0 Å². The molecule has 0 heterocycles. The predicted molar refractivity (Wildman–Crippen MR) is 110 cm³/mol. The third-order valence-corrected chi connectivity index (χ3v) is 4.97. The Balaban J connectivity index is 3.02. The molecule has 0 rings (SSSR count). The van der Waals surface area contributed by atoms with Crippen molar-refractivity contribution in [1.29, 1.82) is 0 Å². The predicted octanol–water partition coefficient (Wildman–Crippen LogP) is 7.98. The fourth-order valence-corrected chi connectivity index (χ4v) is 3.29. The number of rotatable bonds is 20. The van der Waals surface area contributed by atoms with Gasteiger partial charge in [0.15, 0.2) is 0 Å². The minimum atomic E-state index is -0.0287. The van der Waals surface area contributed by atoms with Gasteiger partial charge in [-0.05, 0) is 12.8 Å². The first-order chi connectivity index (χ1) is 12.3. The van der Waals surface area contributed by atoms with Gasteiger partial charge in [0.25, 0.3) is 0 Å². The Bertz CT molecular complexity index is 263. The molecule has 0 amide bonds. The molecule has 0 aromatic heterocycles. The molecular formula is C23H46O2. The molecule has 0 aromatic rings. The number of esters is 1. The zero-order chi connectivity index (χ0) is 18.4. The lowest BCUT2D eigenvalue weighted by atomic mass is 10.0. The molecule has 0 aliphatic rings. The zero-order valence-corrected chi connectivity index (χ0v) is 17.5. The summed E-state index contributed by atoms with van der Waals surface area (Å²) >= 11 is 0. The maximum Gasteiger partial charge on any atom is 0.305 e. The average molecular weight is 355 g/mol. The molecule has 0 bridgehead atoms. The average Bonchev–Trinajstić information content (AvgIpc) is 2.61. The minimum absolute atomic E-state index is 0.0287. The van der Waals surface area contributed by atoms with Crippen LogP contribution in [0.4, 0.5) is 0 Å². The van der Waals surface area contributed by atoms with Gasteiger partial charge in [-0.3, -0.25) is 4.79 Å². The molecule has 0 spiro atoms. The lowest BCUT2D eigenvalue weighted by molar-refractivity contribution is -0.143. The molecule has 0 saturated heterocycles. The van der Waals surface area contributed by atoms with Crippen LogP contribution in [0.25, 0.3) is 0 Å². The highest BCUT2D eigenvalue weighted by molar-refractivity contribution is 5.69. The molecule has 0 aliphatic heterocycles. The van der Waals surface area contributed by atoms with Crippen LogP contribution in [0.2, 0.25) is 0 Å². The molecule has 0 aromatic carbocycles. The van der Waals surface area contributed by atoms with Gasteiger partial charge in [-0.15, -0.1) is 0 Å². The number of hydrogen-bond acceptors (Lipinski definition) is 2. The van der Waals surface area contributed by atoms with Gasteiger partial charge in [-0.1, -0.05) is 117 Å². The molecule has 0 N–H and O–H groups in total. The highest BCUT2D eigenvalue weighted by Crippen LogP contribution is 2.14. The van der Waals surface area contributed by atoms with E-state index in [1.807, 2.05) is 6.92 Å². The van der Waals surface area contributed by atoms with E-state index in [9.17, 15) is 4.79 Å². The standard InChI is InChI=1S/C23H46O2/c1-3-5-6-7-8-9-10-11-12-13-14-15-16-17-18-19-20-22-25-23(24)21-4-2/h3-22H2,1-2H3. The van der Waals surface area contributed by atoms with Crippen LogP contribution in [0.5, 0.6) is 0 Å². The quantitative estimate of drug-likeness (QED) is 0.164. The van der Waals surface area contributed by atoms with Gasteiger partial charge in [0.05, 0.1) is 6.61 Å². The molecule has 25 heavy (non-hydrogen) atoms. The van der Waals surface area contributed by atoms with Crippen LogP contribution in [0, 0.1) is 0 Å². The van der Waals surface area contributed by atoms with E-state index in [-0.39, 0.29) is 5.97 Å². The van der Waals surface area contributed by atoms with E-state index >= 15 is 0 Å². The maximum absolute atomic E-state index is 11.2. The topological polar surface area (TPSA) is 26.3 Å². The second-order valence-corrected chi connectivity index (χ2v) is 7.63. The summed E-state index contributed by atoms with van der Waals surface area (Å²) in [5, 5.41) is 0. The van der Waals surface area contributed by atoms with Gasteiger partial charge in [-0.2, -0.15) is 0 Å². The largest absolute Gasteiger partial charge is 0.466 e. The first-order valence-electron chi connectivity index (χ1n) is 11.5. The van der Waals surface area contributed by atoms with Crippen LogP contribution in [0.3, 0.4) is 0 Å². The summed E-state index contributed by atoms with van der Waals surface area (Å²) in [4.78, 5) is 11.2. The van der Waals surface area contributed by atoms with Crippen LogP contribution in [-0.4, -0.2) is 12.6 Å². The summed E-state index contributed by atoms with van der Waals surface area (Å²) in [6.07, 6.45) is 24.9. The normalized spacial score (nSPS) is 11.0. The van der Waals surface area contributed by atoms with Gasteiger partial charge in [0, 0.05) is 6.42 Å². The summed E-state index contributed by atoms with van der Waals surface area (Å²) < 4.78 is 5.17. The van der Waals surface area contributed by atoms with Crippen molar-refractivity contribution in [2.24, 2.45) is 0 Å². The molecule has 0 saturated carbocycles. The van der Waals surface area contributed by atoms with Crippen molar-refractivity contribution in [3.8, 4) is 0 Å². The molecule has 0 radical (unpaired) electrons. The molecule has 2 heteroatoms. The van der Waals surface area contributed by atoms with Crippen molar-refractivity contribution < 1.29 is 9.53 Å². The summed E-state index contributed by atoms with van der Waals surface area (Å²) in [6, 6.07) is 0. The van der Waals surface area contributed by atoms with Crippen LogP contribution >= 0.6 is 0 Å². The van der Waals surface area contributed by atoms with E-state index in [0.717, 1.165) is 12.8 Å². The fraction of sp³-hybridized carbons (Fsp3) is 0.957. The van der Waals surface area contributed by atoms with Crippen molar-refractivity contribution >= 4 is 5.97 Å². The van der Waals surface area contributed by atoms with Crippen molar-refractivity contribution in [2.75, 3.05) is 6.61 Å². The number of carbonyl (C=O) groups excluding carboxylic acids is 1. The molecule has 150 valence electrons. The smallest absolute Gasteiger partial charge is 0.305 e. The second-order valence-electron chi connectivity index (χ2n) is 7.63. The van der Waals surface area contributed by atoms with E-state index in [4.69, 9.17) is 4.74 Å². The Kier molecular flexibility index (Phi) is 21.1. The van der Waals surface area contributed by atoms with Crippen molar-refractivity contribution in [3.63, 3.8) is 0 Å². The summed E-state index contributed by atoms with van der Waals surface area (Å²) in [5.41, 5.74) is 0. The van der Waals surface area contributed by atoms with Crippen molar-refractivity contribution in [3.05, 3.63) is 0 Å². The molecular weight excluding hydrogens is 308 g/mol.